The van der Waals surface area contributed by atoms with Crippen molar-refractivity contribution in [3.05, 3.63) is 23.5 Å². The van der Waals surface area contributed by atoms with Crippen molar-refractivity contribution in [2.24, 2.45) is 17.3 Å². The van der Waals surface area contributed by atoms with Crippen LogP contribution in [0.1, 0.15) is 40.0 Å². The summed E-state index contributed by atoms with van der Waals surface area (Å²) in [4.78, 5) is 24.1. The largest absolute Gasteiger partial charge is 0.504 e. The lowest BCUT2D eigenvalue weighted by atomic mass is 9.56. The van der Waals surface area contributed by atoms with Crippen LogP contribution in [0.4, 0.5) is 0 Å². The number of aliphatic hydroxyl groups excluding tert-OH is 1. The Morgan fingerprint density at radius 3 is 2.61 bits per heavy atom. The van der Waals surface area contributed by atoms with Crippen molar-refractivity contribution in [2.75, 3.05) is 0 Å². The molecule has 0 radical (unpaired) electrons. The maximum atomic E-state index is 12.4. The van der Waals surface area contributed by atoms with Crippen molar-refractivity contribution < 1.29 is 14.7 Å². The summed E-state index contributed by atoms with van der Waals surface area (Å²) in [6.07, 6.45) is 1.42. The van der Waals surface area contributed by atoms with E-state index in [4.69, 9.17) is 0 Å². The van der Waals surface area contributed by atoms with Crippen LogP contribution >= 0.6 is 0 Å². The number of hydrogen-bond donors (Lipinski definition) is 1. The first-order valence-corrected chi connectivity index (χ1v) is 6.39. The Morgan fingerprint density at radius 2 is 2.06 bits per heavy atom. The molecule has 0 spiro atoms. The molecule has 1 fully saturated rings. The lowest BCUT2D eigenvalue weighted by Gasteiger charge is -2.46. The fraction of sp³-hybridized carbons (Fsp3) is 0.600. The predicted octanol–water partition coefficient (Wildman–Crippen LogP) is 2.97. The highest BCUT2D eigenvalue weighted by atomic mass is 16.3. The van der Waals surface area contributed by atoms with Gasteiger partial charge >= 0.3 is 0 Å². The summed E-state index contributed by atoms with van der Waals surface area (Å²) in [5.74, 6) is -0.155. The van der Waals surface area contributed by atoms with Crippen molar-refractivity contribution in [1.29, 1.82) is 0 Å². The van der Waals surface area contributed by atoms with Crippen LogP contribution < -0.4 is 0 Å². The highest BCUT2D eigenvalue weighted by Gasteiger charge is 2.51. The summed E-state index contributed by atoms with van der Waals surface area (Å²) < 4.78 is 0. The second kappa shape index (κ2) is 4.08. The zero-order valence-electron chi connectivity index (χ0n) is 11.2. The van der Waals surface area contributed by atoms with E-state index >= 15 is 0 Å². The monoisotopic (exact) mass is 248 g/mol. The Kier molecular flexibility index (Phi) is 2.96. The van der Waals surface area contributed by atoms with E-state index in [9.17, 15) is 14.7 Å². The van der Waals surface area contributed by atoms with Gasteiger partial charge in [0.15, 0.2) is 11.5 Å². The molecule has 0 aromatic rings. The minimum Gasteiger partial charge on any atom is -0.504 e. The molecule has 0 bridgehead atoms. The summed E-state index contributed by atoms with van der Waals surface area (Å²) in [5.41, 5.74) is 1.06. The molecule has 0 aliphatic heterocycles. The Morgan fingerprint density at radius 1 is 1.44 bits per heavy atom. The van der Waals surface area contributed by atoms with Gasteiger partial charge in [-0.15, -0.1) is 0 Å². The van der Waals surface area contributed by atoms with Crippen LogP contribution in [-0.2, 0) is 9.59 Å². The molecule has 0 unspecified atom stereocenters. The van der Waals surface area contributed by atoms with Crippen molar-refractivity contribution in [2.45, 2.75) is 40.0 Å². The highest BCUT2D eigenvalue weighted by Crippen LogP contribution is 2.51. The average Bonchev–Trinajstić information content (AvgIpc) is 2.28. The molecule has 0 aromatic heterocycles. The molecule has 2 aliphatic rings. The first-order chi connectivity index (χ1) is 8.27. The number of rotatable bonds is 1. The molecular weight excluding hydrogens is 228 g/mol. The van der Waals surface area contributed by atoms with E-state index in [0.717, 1.165) is 12.0 Å². The fourth-order valence-corrected chi connectivity index (χ4v) is 3.33. The lowest BCUT2D eigenvalue weighted by Crippen LogP contribution is -2.47. The summed E-state index contributed by atoms with van der Waals surface area (Å²) in [6.45, 7) is 9.50. The van der Waals surface area contributed by atoms with Gasteiger partial charge in [-0.25, -0.2) is 0 Å². The Hall–Kier alpha value is -1.38. The molecule has 0 amide bonds. The van der Waals surface area contributed by atoms with Gasteiger partial charge in [-0.3, -0.25) is 9.59 Å². The topological polar surface area (TPSA) is 54.4 Å². The minimum atomic E-state index is -0.626. The number of carbonyl (C=O) groups excluding carboxylic acids is 2. The van der Waals surface area contributed by atoms with Crippen LogP contribution in [0.3, 0.4) is 0 Å². The van der Waals surface area contributed by atoms with Crippen LogP contribution in [0, 0.1) is 17.3 Å². The van der Waals surface area contributed by atoms with Gasteiger partial charge in [-0.1, -0.05) is 19.1 Å². The van der Waals surface area contributed by atoms with E-state index in [2.05, 4.69) is 6.58 Å². The number of Topliss-reactive ketones (excluding diaryl/α,β-unsaturated/α-hetero) is 2. The molecule has 3 nitrogen and oxygen atoms in total. The smallest absolute Gasteiger partial charge is 0.198 e. The van der Waals surface area contributed by atoms with Gasteiger partial charge in [-0.2, -0.15) is 0 Å². The van der Waals surface area contributed by atoms with Crippen molar-refractivity contribution in [3.63, 3.8) is 0 Å². The van der Waals surface area contributed by atoms with E-state index in [1.54, 1.807) is 6.92 Å². The van der Waals surface area contributed by atoms with E-state index in [1.807, 2.05) is 13.8 Å². The molecule has 1 saturated carbocycles. The van der Waals surface area contributed by atoms with Crippen LogP contribution in [-0.4, -0.2) is 16.7 Å². The van der Waals surface area contributed by atoms with Crippen molar-refractivity contribution >= 4 is 11.6 Å². The van der Waals surface area contributed by atoms with E-state index in [0.29, 0.717) is 12.0 Å². The van der Waals surface area contributed by atoms with E-state index in [-0.39, 0.29) is 35.6 Å². The standard InChI is InChI=1S/C15H20O3/c1-8(2)10-5-11-9(3)14(18)12(16)7-15(11,4)13(17)6-10/h10-11,18H,1,5-7H2,2-4H3/t10-,11+,15-/m1/s1. The molecule has 2 aliphatic carbocycles. The van der Waals surface area contributed by atoms with E-state index in [1.165, 1.54) is 0 Å². The maximum Gasteiger partial charge on any atom is 0.198 e. The summed E-state index contributed by atoms with van der Waals surface area (Å²) in [7, 11) is 0. The molecule has 1 N–H and O–H groups in total. The van der Waals surface area contributed by atoms with Gasteiger partial charge in [0.2, 0.25) is 0 Å². The molecule has 0 heterocycles. The molecule has 0 aromatic carbocycles. The molecule has 0 saturated heterocycles. The molecule has 18 heavy (non-hydrogen) atoms. The third-order valence-electron chi connectivity index (χ3n) is 4.74. The maximum absolute atomic E-state index is 12.4. The number of fused-ring (bicyclic) bond motifs is 1. The average molecular weight is 248 g/mol. The SMILES string of the molecule is C=C(C)[C@H]1CC(=O)[C@]2(C)CC(=O)C(O)=C(C)[C@@H]2C1. The van der Waals surface area contributed by atoms with Gasteiger partial charge in [-0.05, 0) is 37.7 Å². The third-order valence-corrected chi connectivity index (χ3v) is 4.74. The van der Waals surface area contributed by atoms with Crippen LogP contribution in [0.2, 0.25) is 0 Å². The molecular formula is C15H20O3. The van der Waals surface area contributed by atoms with Crippen LogP contribution in [0.15, 0.2) is 23.5 Å². The second-order valence-electron chi connectivity index (χ2n) is 6.01. The molecule has 2 rings (SSSR count). The predicted molar refractivity (Wildman–Crippen MR) is 69.1 cm³/mol. The van der Waals surface area contributed by atoms with Crippen LogP contribution in [0.5, 0.6) is 0 Å². The fourth-order valence-electron chi connectivity index (χ4n) is 3.33. The molecule has 3 heteroatoms. The number of carbonyl (C=O) groups is 2. The second-order valence-corrected chi connectivity index (χ2v) is 6.01. The van der Waals surface area contributed by atoms with Gasteiger partial charge in [0, 0.05) is 18.3 Å². The number of ketones is 2. The molecule has 3 atom stereocenters. The van der Waals surface area contributed by atoms with Gasteiger partial charge in [0.05, 0.1) is 0 Å². The first kappa shape index (κ1) is 13.1. The third kappa shape index (κ3) is 1.73. The normalized spacial score (nSPS) is 36.6. The Balaban J connectivity index is 2.45. The van der Waals surface area contributed by atoms with Crippen LogP contribution in [0.25, 0.3) is 0 Å². The van der Waals surface area contributed by atoms with Crippen molar-refractivity contribution in [1.82, 2.24) is 0 Å². The number of hydrogen-bond acceptors (Lipinski definition) is 3. The van der Waals surface area contributed by atoms with Gasteiger partial charge < -0.3 is 5.11 Å². The van der Waals surface area contributed by atoms with Crippen molar-refractivity contribution in [3.8, 4) is 0 Å². The Labute approximate surface area is 108 Å². The zero-order valence-corrected chi connectivity index (χ0v) is 11.2. The summed E-state index contributed by atoms with van der Waals surface area (Å²) in [5, 5.41) is 9.81. The number of allylic oxidation sites excluding steroid dienone is 3. The summed E-state index contributed by atoms with van der Waals surface area (Å²) in [6, 6.07) is 0. The summed E-state index contributed by atoms with van der Waals surface area (Å²) >= 11 is 0. The number of aliphatic hydroxyl groups is 1. The molecule has 98 valence electrons. The van der Waals surface area contributed by atoms with Gasteiger partial charge in [0.1, 0.15) is 5.78 Å². The Bertz CT molecular complexity index is 472. The van der Waals surface area contributed by atoms with E-state index < -0.39 is 5.41 Å². The lowest BCUT2D eigenvalue weighted by molar-refractivity contribution is -0.140. The highest BCUT2D eigenvalue weighted by molar-refractivity contribution is 6.01. The quantitative estimate of drug-likeness (QED) is 0.726. The first-order valence-electron chi connectivity index (χ1n) is 6.39. The minimum absolute atomic E-state index is 0.0295. The van der Waals surface area contributed by atoms with Gasteiger partial charge in [0.25, 0.3) is 0 Å². The zero-order chi connectivity index (χ0) is 13.7.